The second-order valence-corrected chi connectivity index (χ2v) is 10.1. The van der Waals surface area contributed by atoms with Crippen molar-refractivity contribution in [3.05, 3.63) is 35.1 Å². The fourth-order valence-electron chi connectivity index (χ4n) is 6.59. The smallest absolute Gasteiger partial charge is 0.357 e. The molecule has 2 bridgehead atoms. The molecule has 0 radical (unpaired) electrons. The second-order valence-electron chi connectivity index (χ2n) is 10.1. The number of rotatable bonds is 7. The zero-order valence-corrected chi connectivity index (χ0v) is 21.4. The fourth-order valence-corrected chi connectivity index (χ4v) is 6.59. The van der Waals surface area contributed by atoms with Gasteiger partial charge in [-0.25, -0.2) is 9.59 Å². The molecule has 204 valence electrons. The molecule has 2 unspecified atom stereocenters. The lowest BCUT2D eigenvalue weighted by atomic mass is 9.50. The SMILES string of the molecule is COc1ccc2c3c1OC1C(OC(=O)[C@H](OC(C)=O)[C@@H](OC(C)=O)C(=O)O)=CC[C@@]4(O)[C@@H](C2)N(C)CCC314. The third-order valence-electron chi connectivity index (χ3n) is 8.11. The van der Waals surface area contributed by atoms with Gasteiger partial charge in [0.15, 0.2) is 17.6 Å². The van der Waals surface area contributed by atoms with Crippen molar-refractivity contribution < 1.29 is 53.1 Å². The number of likely N-dealkylation sites (tertiary alicyclic amines) is 1. The van der Waals surface area contributed by atoms with Crippen LogP contribution < -0.4 is 9.47 Å². The molecule has 38 heavy (non-hydrogen) atoms. The Bertz CT molecular complexity index is 1260. The molecule has 1 aromatic carbocycles. The van der Waals surface area contributed by atoms with Gasteiger partial charge in [-0.3, -0.25) is 9.59 Å². The third kappa shape index (κ3) is 3.57. The molecule has 4 aliphatic rings. The van der Waals surface area contributed by atoms with E-state index >= 15 is 0 Å². The summed E-state index contributed by atoms with van der Waals surface area (Å²) in [4.78, 5) is 50.4. The number of carbonyl (C=O) groups excluding carboxylic acids is 3. The minimum atomic E-state index is -2.13. The van der Waals surface area contributed by atoms with Crippen molar-refractivity contribution in [1.29, 1.82) is 0 Å². The van der Waals surface area contributed by atoms with Gasteiger partial charge in [0.1, 0.15) is 5.76 Å². The van der Waals surface area contributed by atoms with E-state index in [0.29, 0.717) is 30.9 Å². The molecule has 1 saturated heterocycles. The van der Waals surface area contributed by atoms with Crippen molar-refractivity contribution in [2.75, 3.05) is 20.7 Å². The monoisotopic (exact) mass is 531 g/mol. The number of carbonyl (C=O) groups is 4. The van der Waals surface area contributed by atoms with E-state index in [4.69, 9.17) is 23.7 Å². The number of aliphatic carboxylic acids is 1. The number of benzene rings is 1. The molecule has 2 heterocycles. The van der Waals surface area contributed by atoms with E-state index in [-0.39, 0.29) is 18.2 Å². The molecular weight excluding hydrogens is 502 g/mol. The maximum absolute atomic E-state index is 13.3. The molecule has 5 rings (SSSR count). The maximum Gasteiger partial charge on any atom is 0.357 e. The van der Waals surface area contributed by atoms with Crippen LogP contribution in [0.3, 0.4) is 0 Å². The average Bonchev–Trinajstić information content (AvgIpc) is 3.20. The molecule has 2 aliphatic heterocycles. The molecule has 12 heteroatoms. The Kier molecular flexibility index (Phi) is 6.14. The zero-order valence-electron chi connectivity index (χ0n) is 21.4. The Hall–Kier alpha value is -3.64. The van der Waals surface area contributed by atoms with Gasteiger partial charge in [0.2, 0.25) is 12.2 Å². The number of hydrogen-bond donors (Lipinski definition) is 2. The van der Waals surface area contributed by atoms with Crippen LogP contribution in [0, 0.1) is 0 Å². The van der Waals surface area contributed by atoms with Gasteiger partial charge >= 0.3 is 23.9 Å². The van der Waals surface area contributed by atoms with Gasteiger partial charge in [-0.05, 0) is 44.1 Å². The number of nitrogens with zero attached hydrogens (tertiary/aromatic N) is 1. The van der Waals surface area contributed by atoms with Crippen molar-refractivity contribution in [3.63, 3.8) is 0 Å². The summed E-state index contributed by atoms with van der Waals surface area (Å²) in [6.45, 7) is 2.59. The summed E-state index contributed by atoms with van der Waals surface area (Å²) >= 11 is 0. The van der Waals surface area contributed by atoms with Crippen molar-refractivity contribution in [2.45, 2.75) is 68.5 Å². The van der Waals surface area contributed by atoms with Crippen LogP contribution in [-0.2, 0) is 45.2 Å². The first kappa shape index (κ1) is 26.0. The van der Waals surface area contributed by atoms with Crippen LogP contribution in [-0.4, -0.2) is 89.6 Å². The number of esters is 3. The van der Waals surface area contributed by atoms with Gasteiger partial charge in [-0.1, -0.05) is 6.07 Å². The molecule has 12 nitrogen and oxygen atoms in total. The predicted molar refractivity (Wildman–Crippen MR) is 126 cm³/mol. The topological polar surface area (TPSA) is 158 Å². The summed E-state index contributed by atoms with van der Waals surface area (Å²) in [5, 5.41) is 21.8. The fraction of sp³-hybridized carbons (Fsp3) is 0.538. The number of aliphatic hydroxyl groups is 1. The first-order valence-electron chi connectivity index (χ1n) is 12.2. The van der Waals surface area contributed by atoms with Gasteiger partial charge in [-0.2, -0.15) is 0 Å². The molecule has 1 aromatic rings. The molecule has 1 fully saturated rings. The van der Waals surface area contributed by atoms with E-state index in [9.17, 15) is 29.4 Å². The van der Waals surface area contributed by atoms with Gasteiger partial charge in [0.05, 0.1) is 18.1 Å². The van der Waals surface area contributed by atoms with Gasteiger partial charge in [0.25, 0.3) is 0 Å². The Labute approximate surface area is 218 Å². The lowest BCUT2D eigenvalue weighted by Gasteiger charge is -2.61. The van der Waals surface area contributed by atoms with E-state index in [1.165, 1.54) is 7.11 Å². The summed E-state index contributed by atoms with van der Waals surface area (Å²) in [7, 11) is 3.47. The third-order valence-corrected chi connectivity index (χ3v) is 8.11. The van der Waals surface area contributed by atoms with Gasteiger partial charge in [0, 0.05) is 31.9 Å². The van der Waals surface area contributed by atoms with Crippen LogP contribution >= 0.6 is 0 Å². The van der Waals surface area contributed by atoms with Gasteiger partial charge < -0.3 is 38.8 Å². The highest BCUT2D eigenvalue weighted by Gasteiger charge is 2.72. The van der Waals surface area contributed by atoms with Crippen molar-refractivity contribution >= 4 is 23.9 Å². The summed E-state index contributed by atoms with van der Waals surface area (Å²) in [5.74, 6) is -3.94. The van der Waals surface area contributed by atoms with Crippen LogP contribution in [0.25, 0.3) is 0 Å². The van der Waals surface area contributed by atoms with Crippen LogP contribution in [0.15, 0.2) is 24.0 Å². The van der Waals surface area contributed by atoms with E-state index in [1.54, 1.807) is 12.1 Å². The molecule has 2 aliphatic carbocycles. The second kappa shape index (κ2) is 8.98. The van der Waals surface area contributed by atoms with Crippen LogP contribution in [0.2, 0.25) is 0 Å². The van der Waals surface area contributed by atoms with Crippen LogP contribution in [0.4, 0.5) is 0 Å². The number of likely N-dealkylation sites (N-methyl/N-ethyl adjacent to an activating group) is 1. The molecule has 1 spiro atoms. The molecule has 6 atom stereocenters. The molecule has 0 saturated carbocycles. The molecule has 2 N–H and O–H groups in total. The number of methoxy groups -OCH3 is 1. The highest BCUT2D eigenvalue weighted by Crippen LogP contribution is 2.65. The first-order chi connectivity index (χ1) is 17.9. The van der Waals surface area contributed by atoms with E-state index in [0.717, 1.165) is 25.0 Å². The van der Waals surface area contributed by atoms with Crippen LogP contribution in [0.5, 0.6) is 11.5 Å². The lowest BCUT2D eigenvalue weighted by Crippen LogP contribution is -2.74. The number of carboxylic acid groups (broad SMARTS) is 1. The van der Waals surface area contributed by atoms with E-state index < -0.39 is 53.2 Å². The normalized spacial score (nSPS) is 30.1. The number of hydrogen-bond acceptors (Lipinski definition) is 11. The summed E-state index contributed by atoms with van der Waals surface area (Å²) < 4.78 is 27.3. The standard InChI is InChI=1S/C26H29NO11/c1-12(28)35-20(23(30)31)21(36-13(2)29)24(32)37-16-7-8-26(33)17-11-14-5-6-15(34-4)19-18(14)25(26,22(16)38-19)9-10-27(17)3/h5-7,17,20-22,33H,8-11H2,1-4H3,(H,30,31)/t17-,20-,21-,22?,25?,26-/m1/s1. The maximum atomic E-state index is 13.3. The van der Waals surface area contributed by atoms with Gasteiger partial charge in [-0.15, -0.1) is 0 Å². The largest absolute Gasteiger partial charge is 0.493 e. The summed E-state index contributed by atoms with van der Waals surface area (Å²) in [5.41, 5.74) is -0.404. The van der Waals surface area contributed by atoms with E-state index in [2.05, 4.69) is 4.90 Å². The van der Waals surface area contributed by atoms with Crippen LogP contribution in [0.1, 0.15) is 37.8 Å². The highest BCUT2D eigenvalue weighted by molar-refractivity contribution is 5.88. The number of ether oxygens (including phenoxy) is 5. The number of carboxylic acids is 1. The number of piperidine rings is 1. The lowest BCUT2D eigenvalue weighted by molar-refractivity contribution is -0.190. The summed E-state index contributed by atoms with van der Waals surface area (Å²) in [6, 6.07) is 3.52. The highest BCUT2D eigenvalue weighted by atomic mass is 16.6. The molecule has 0 aromatic heterocycles. The Balaban J connectivity index is 1.56. The van der Waals surface area contributed by atoms with Crippen molar-refractivity contribution in [1.82, 2.24) is 4.90 Å². The predicted octanol–water partition coefficient (Wildman–Crippen LogP) is 0.464. The Morgan fingerprint density at radius 3 is 2.45 bits per heavy atom. The van der Waals surface area contributed by atoms with Crippen molar-refractivity contribution in [2.24, 2.45) is 0 Å². The summed E-state index contributed by atoms with van der Waals surface area (Å²) in [6.07, 6.45) is -2.38. The zero-order chi connectivity index (χ0) is 27.6. The van der Waals surface area contributed by atoms with E-state index in [1.807, 2.05) is 13.1 Å². The Morgan fingerprint density at radius 1 is 1.13 bits per heavy atom. The molecular formula is C26H29NO11. The first-order valence-corrected chi connectivity index (χ1v) is 12.2. The minimum absolute atomic E-state index is 0.0400. The molecule has 0 amide bonds. The Morgan fingerprint density at radius 2 is 1.82 bits per heavy atom. The minimum Gasteiger partial charge on any atom is -0.493 e. The quantitative estimate of drug-likeness (QED) is 0.371. The average molecular weight is 532 g/mol. The van der Waals surface area contributed by atoms with Crippen molar-refractivity contribution in [3.8, 4) is 11.5 Å².